The van der Waals surface area contributed by atoms with Crippen LogP contribution >= 0.6 is 0 Å². The molecule has 40 heavy (non-hydrogen) atoms. The van der Waals surface area contributed by atoms with Crippen LogP contribution < -0.4 is 16.6 Å². The lowest BCUT2D eigenvalue weighted by Crippen LogP contribution is -2.43. The molecule has 4 heterocycles. The number of hydrogen-bond donors (Lipinski definition) is 1. The van der Waals surface area contributed by atoms with Crippen LogP contribution in [0.2, 0.25) is 0 Å². The predicted molar refractivity (Wildman–Crippen MR) is 135 cm³/mol. The van der Waals surface area contributed by atoms with E-state index in [1.807, 2.05) is 0 Å². The standard InChI is InChI=1S/C25H23F3N8O4/c1-13(2)16(37)11-35-20(38)18-19(34(3)23(35)40)31-12-36(18)24(7-8-24)22(39)33-17-6-4-5-15(32-17)14-9-29-21(30-10-14)25(26,27)28/h4-6,9-10,12-13H,7-8,11H2,1-3H3,(H,32,33,39). The van der Waals surface area contributed by atoms with E-state index in [0.29, 0.717) is 12.8 Å². The topological polar surface area (TPSA) is 147 Å². The molecule has 0 bridgehead atoms. The molecule has 4 aromatic rings. The van der Waals surface area contributed by atoms with Gasteiger partial charge in [0.25, 0.3) is 11.5 Å². The number of anilines is 1. The number of nitrogens with one attached hydrogen (secondary N) is 1. The van der Waals surface area contributed by atoms with Crippen LogP contribution in [0, 0.1) is 5.92 Å². The third kappa shape index (κ3) is 4.56. The van der Waals surface area contributed by atoms with Crippen LogP contribution in [0.15, 0.2) is 46.5 Å². The number of pyridine rings is 1. The Bertz CT molecular complexity index is 1770. The molecule has 1 N–H and O–H groups in total. The number of aryl methyl sites for hydroxylation is 1. The van der Waals surface area contributed by atoms with Crippen molar-refractivity contribution in [3.8, 4) is 11.3 Å². The van der Waals surface area contributed by atoms with E-state index in [1.165, 1.54) is 30.1 Å². The second-order valence-electron chi connectivity index (χ2n) is 9.83. The summed E-state index contributed by atoms with van der Waals surface area (Å²) < 4.78 is 41.8. The fourth-order valence-corrected chi connectivity index (χ4v) is 4.27. The minimum absolute atomic E-state index is 0.00918. The van der Waals surface area contributed by atoms with E-state index in [2.05, 4.69) is 25.3 Å². The lowest BCUT2D eigenvalue weighted by Gasteiger charge is -2.18. The molecule has 1 fully saturated rings. The summed E-state index contributed by atoms with van der Waals surface area (Å²) in [4.78, 5) is 67.2. The van der Waals surface area contributed by atoms with Crippen molar-refractivity contribution in [2.24, 2.45) is 13.0 Å². The van der Waals surface area contributed by atoms with Gasteiger partial charge >= 0.3 is 11.9 Å². The normalized spacial score (nSPS) is 14.5. The molecule has 0 unspecified atom stereocenters. The van der Waals surface area contributed by atoms with Gasteiger partial charge in [0.2, 0.25) is 5.82 Å². The number of halogens is 3. The van der Waals surface area contributed by atoms with Crippen molar-refractivity contribution >= 4 is 28.7 Å². The second-order valence-corrected chi connectivity index (χ2v) is 9.83. The molecule has 0 spiro atoms. The first kappa shape index (κ1) is 26.9. The predicted octanol–water partition coefficient (Wildman–Crippen LogP) is 2.12. The molecule has 12 nitrogen and oxygen atoms in total. The number of fused-ring (bicyclic) bond motifs is 1. The van der Waals surface area contributed by atoms with E-state index < -0.39 is 47.2 Å². The largest absolute Gasteiger partial charge is 0.451 e. The summed E-state index contributed by atoms with van der Waals surface area (Å²) in [6.45, 7) is 2.92. The van der Waals surface area contributed by atoms with Crippen LogP contribution in [0.4, 0.5) is 19.0 Å². The van der Waals surface area contributed by atoms with Crippen LogP contribution in [0.3, 0.4) is 0 Å². The van der Waals surface area contributed by atoms with Gasteiger partial charge in [-0.15, -0.1) is 0 Å². The fraction of sp³-hybridized carbons (Fsp3) is 0.360. The van der Waals surface area contributed by atoms with E-state index in [4.69, 9.17) is 0 Å². The average molecular weight is 557 g/mol. The molecular weight excluding hydrogens is 533 g/mol. The Labute approximate surface area is 223 Å². The minimum Gasteiger partial charge on any atom is -0.309 e. The summed E-state index contributed by atoms with van der Waals surface area (Å²) in [6, 6.07) is 4.59. The van der Waals surface area contributed by atoms with Crippen molar-refractivity contribution in [2.75, 3.05) is 5.32 Å². The first-order chi connectivity index (χ1) is 18.8. The van der Waals surface area contributed by atoms with E-state index in [-0.39, 0.29) is 34.0 Å². The lowest BCUT2D eigenvalue weighted by atomic mass is 10.1. The van der Waals surface area contributed by atoms with Crippen molar-refractivity contribution < 1.29 is 22.8 Å². The van der Waals surface area contributed by atoms with Gasteiger partial charge in [0.1, 0.15) is 11.4 Å². The molecule has 5 rings (SSSR count). The maximum atomic E-state index is 13.5. The van der Waals surface area contributed by atoms with E-state index in [0.717, 1.165) is 21.5 Å². The SMILES string of the molecule is CC(C)C(=O)Cn1c(=O)c2c(ncn2C2(C(=O)Nc3cccc(-c4cnc(C(F)(F)F)nc4)n3)CC2)n(C)c1=O. The lowest BCUT2D eigenvalue weighted by molar-refractivity contribution is -0.145. The third-order valence-corrected chi connectivity index (χ3v) is 6.79. The number of amides is 1. The number of aromatic nitrogens is 7. The summed E-state index contributed by atoms with van der Waals surface area (Å²) in [5, 5.41) is 2.70. The maximum absolute atomic E-state index is 13.5. The summed E-state index contributed by atoms with van der Waals surface area (Å²) >= 11 is 0. The summed E-state index contributed by atoms with van der Waals surface area (Å²) in [5.41, 5.74) is -2.09. The molecule has 1 aliphatic rings. The number of Topliss-reactive ketones (excluding diaryl/α,β-unsaturated/α-hetero) is 1. The third-order valence-electron chi connectivity index (χ3n) is 6.79. The molecule has 1 aliphatic carbocycles. The highest BCUT2D eigenvalue weighted by Gasteiger charge is 2.53. The molecule has 0 radical (unpaired) electrons. The summed E-state index contributed by atoms with van der Waals surface area (Å²) in [7, 11) is 1.43. The van der Waals surface area contributed by atoms with Gasteiger partial charge in [-0.25, -0.2) is 24.7 Å². The van der Waals surface area contributed by atoms with Gasteiger partial charge in [-0.1, -0.05) is 19.9 Å². The zero-order valence-corrected chi connectivity index (χ0v) is 21.6. The minimum atomic E-state index is -4.68. The fourth-order valence-electron chi connectivity index (χ4n) is 4.27. The number of alkyl halides is 3. The van der Waals surface area contributed by atoms with Crippen LogP contribution in [0.25, 0.3) is 22.4 Å². The Kier molecular flexibility index (Phi) is 6.39. The van der Waals surface area contributed by atoms with Crippen LogP contribution in [-0.4, -0.2) is 45.3 Å². The Morgan fingerprint density at radius 2 is 1.77 bits per heavy atom. The molecule has 0 aromatic carbocycles. The van der Waals surface area contributed by atoms with E-state index >= 15 is 0 Å². The number of carbonyl (C=O) groups excluding carboxylic acids is 2. The van der Waals surface area contributed by atoms with Gasteiger partial charge in [-0.05, 0) is 25.0 Å². The second kappa shape index (κ2) is 9.50. The van der Waals surface area contributed by atoms with Crippen LogP contribution in [0.5, 0.6) is 0 Å². The van der Waals surface area contributed by atoms with Gasteiger partial charge in [-0.2, -0.15) is 13.2 Å². The van der Waals surface area contributed by atoms with Crippen molar-refractivity contribution in [2.45, 2.75) is 44.9 Å². The van der Waals surface area contributed by atoms with Gasteiger partial charge < -0.3 is 9.88 Å². The quantitative estimate of drug-likeness (QED) is 0.364. The Morgan fingerprint density at radius 1 is 1.10 bits per heavy atom. The molecule has 15 heteroatoms. The van der Waals surface area contributed by atoms with Crippen molar-refractivity contribution in [1.29, 1.82) is 0 Å². The Morgan fingerprint density at radius 3 is 2.38 bits per heavy atom. The highest BCUT2D eigenvalue weighted by Crippen LogP contribution is 2.45. The van der Waals surface area contributed by atoms with Crippen molar-refractivity contribution in [1.82, 2.24) is 33.6 Å². The number of rotatable bonds is 7. The first-order valence-electron chi connectivity index (χ1n) is 12.2. The molecule has 1 saturated carbocycles. The van der Waals surface area contributed by atoms with Gasteiger partial charge in [0.05, 0.1) is 18.6 Å². The molecule has 1 amide bonds. The molecule has 4 aromatic heterocycles. The highest BCUT2D eigenvalue weighted by molar-refractivity contribution is 5.99. The smallest absolute Gasteiger partial charge is 0.309 e. The number of ketones is 1. The van der Waals surface area contributed by atoms with Crippen molar-refractivity contribution in [3.05, 3.63) is 63.6 Å². The Hall–Kier alpha value is -4.69. The summed E-state index contributed by atoms with van der Waals surface area (Å²) in [6.07, 6.45) is -0.659. The van der Waals surface area contributed by atoms with E-state index in [9.17, 15) is 32.3 Å². The van der Waals surface area contributed by atoms with Crippen molar-refractivity contribution in [3.63, 3.8) is 0 Å². The van der Waals surface area contributed by atoms with Crippen LogP contribution in [0.1, 0.15) is 32.5 Å². The molecule has 0 atom stereocenters. The zero-order valence-electron chi connectivity index (χ0n) is 21.6. The van der Waals surface area contributed by atoms with Gasteiger partial charge in [-0.3, -0.25) is 23.5 Å². The molecule has 208 valence electrons. The average Bonchev–Trinajstić information content (AvgIpc) is 3.60. The summed E-state index contributed by atoms with van der Waals surface area (Å²) in [5.74, 6) is -2.36. The number of carbonyl (C=O) groups is 2. The number of hydrogen-bond acceptors (Lipinski definition) is 8. The van der Waals surface area contributed by atoms with Gasteiger partial charge in [0, 0.05) is 30.9 Å². The molecule has 0 saturated heterocycles. The monoisotopic (exact) mass is 556 g/mol. The first-order valence-corrected chi connectivity index (χ1v) is 12.2. The van der Waals surface area contributed by atoms with E-state index in [1.54, 1.807) is 19.9 Å². The van der Waals surface area contributed by atoms with Crippen LogP contribution in [-0.2, 0) is 34.9 Å². The zero-order chi connectivity index (χ0) is 29.0. The highest BCUT2D eigenvalue weighted by atomic mass is 19.4. The Balaban J connectivity index is 1.47. The maximum Gasteiger partial charge on any atom is 0.451 e. The van der Waals surface area contributed by atoms with Gasteiger partial charge in [0.15, 0.2) is 16.9 Å². The number of nitrogens with zero attached hydrogens (tertiary/aromatic N) is 7. The molecular formula is C25H23F3N8O4. The molecule has 0 aliphatic heterocycles. The number of imidazole rings is 1.